The van der Waals surface area contributed by atoms with Crippen LogP contribution in [0.15, 0.2) is 72.4 Å². The highest BCUT2D eigenvalue weighted by Gasteiger charge is 2.21. The van der Waals surface area contributed by atoms with Crippen molar-refractivity contribution in [2.75, 3.05) is 13.1 Å². The van der Waals surface area contributed by atoms with Crippen molar-refractivity contribution < 1.29 is 4.79 Å². The van der Waals surface area contributed by atoms with Gasteiger partial charge in [-0.05, 0) is 31.1 Å². The van der Waals surface area contributed by atoms with Crippen LogP contribution in [0.1, 0.15) is 31.2 Å². The fourth-order valence-corrected chi connectivity index (χ4v) is 3.77. The van der Waals surface area contributed by atoms with Crippen LogP contribution in [-0.2, 0) is 4.79 Å². The molecule has 0 spiro atoms. The quantitative estimate of drug-likeness (QED) is 0.468. The molecule has 1 amide bonds. The highest BCUT2D eigenvalue weighted by atomic mass is 16.2. The summed E-state index contributed by atoms with van der Waals surface area (Å²) in [5.74, 6) is -0.189. The highest BCUT2D eigenvalue weighted by Crippen LogP contribution is 2.26. The summed E-state index contributed by atoms with van der Waals surface area (Å²) in [5.41, 5.74) is 3.52. The first-order valence-corrected chi connectivity index (χ1v) is 10.4. The SMILES string of the molecule is N#C/C(=C\c1cn(-c2ccccc2)nc1-c1ccccc1)C(=O)N1CCCCCC1. The minimum absolute atomic E-state index is 0.154. The maximum Gasteiger partial charge on any atom is 0.264 e. The number of nitrogens with zero attached hydrogens (tertiary/aromatic N) is 4. The Balaban J connectivity index is 1.75. The molecule has 5 heteroatoms. The third-order valence-electron chi connectivity index (χ3n) is 5.35. The van der Waals surface area contributed by atoms with E-state index < -0.39 is 0 Å². The van der Waals surface area contributed by atoms with E-state index in [-0.39, 0.29) is 11.5 Å². The fraction of sp³-hybridized carbons (Fsp3) is 0.240. The van der Waals surface area contributed by atoms with Crippen molar-refractivity contribution in [1.29, 1.82) is 5.26 Å². The van der Waals surface area contributed by atoms with E-state index in [1.54, 1.807) is 10.8 Å². The smallest absolute Gasteiger partial charge is 0.264 e. The lowest BCUT2D eigenvalue weighted by Crippen LogP contribution is -2.32. The summed E-state index contributed by atoms with van der Waals surface area (Å²) in [4.78, 5) is 14.8. The van der Waals surface area contributed by atoms with Crippen LogP contribution in [0.25, 0.3) is 23.0 Å². The second-order valence-corrected chi connectivity index (χ2v) is 7.46. The first-order chi connectivity index (χ1) is 14.8. The second kappa shape index (κ2) is 9.23. The number of hydrogen-bond acceptors (Lipinski definition) is 3. The minimum atomic E-state index is -0.189. The first-order valence-electron chi connectivity index (χ1n) is 10.4. The van der Waals surface area contributed by atoms with Gasteiger partial charge >= 0.3 is 0 Å². The van der Waals surface area contributed by atoms with E-state index in [0.29, 0.717) is 13.1 Å². The summed E-state index contributed by atoms with van der Waals surface area (Å²) < 4.78 is 1.79. The van der Waals surface area contributed by atoms with Crippen LogP contribution >= 0.6 is 0 Å². The summed E-state index contributed by atoms with van der Waals surface area (Å²) in [6, 6.07) is 21.8. The number of benzene rings is 2. The molecule has 1 aliphatic heterocycles. The van der Waals surface area contributed by atoms with Crippen molar-refractivity contribution in [3.63, 3.8) is 0 Å². The van der Waals surface area contributed by atoms with E-state index in [0.717, 1.165) is 48.2 Å². The molecule has 1 fully saturated rings. The Labute approximate surface area is 176 Å². The van der Waals surface area contributed by atoms with Crippen LogP contribution < -0.4 is 0 Å². The van der Waals surface area contributed by atoms with Crippen LogP contribution in [0.3, 0.4) is 0 Å². The van der Waals surface area contributed by atoms with Crippen LogP contribution in [-0.4, -0.2) is 33.7 Å². The first kappa shape index (κ1) is 19.7. The van der Waals surface area contributed by atoms with Crippen LogP contribution in [0.5, 0.6) is 0 Å². The van der Waals surface area contributed by atoms with Gasteiger partial charge in [-0.25, -0.2) is 4.68 Å². The summed E-state index contributed by atoms with van der Waals surface area (Å²) in [6.45, 7) is 1.43. The fourth-order valence-electron chi connectivity index (χ4n) is 3.77. The van der Waals surface area contributed by atoms with Gasteiger partial charge in [0.1, 0.15) is 11.6 Å². The molecule has 3 aromatic rings. The van der Waals surface area contributed by atoms with E-state index in [1.165, 1.54) is 0 Å². The van der Waals surface area contributed by atoms with E-state index in [1.807, 2.05) is 71.8 Å². The lowest BCUT2D eigenvalue weighted by molar-refractivity contribution is -0.126. The Morgan fingerprint density at radius 2 is 1.57 bits per heavy atom. The van der Waals surface area contributed by atoms with Crippen molar-refractivity contribution in [2.24, 2.45) is 0 Å². The highest BCUT2D eigenvalue weighted by molar-refractivity contribution is 6.02. The van der Waals surface area contributed by atoms with Gasteiger partial charge in [0, 0.05) is 30.4 Å². The molecule has 150 valence electrons. The van der Waals surface area contributed by atoms with Gasteiger partial charge < -0.3 is 4.90 Å². The molecule has 1 saturated heterocycles. The maximum absolute atomic E-state index is 13.0. The maximum atomic E-state index is 13.0. The predicted molar refractivity (Wildman–Crippen MR) is 118 cm³/mol. The Morgan fingerprint density at radius 3 is 2.20 bits per heavy atom. The zero-order valence-electron chi connectivity index (χ0n) is 16.9. The lowest BCUT2D eigenvalue weighted by Gasteiger charge is -2.19. The average molecular weight is 396 g/mol. The number of rotatable bonds is 4. The number of amides is 1. The number of carbonyl (C=O) groups excluding carboxylic acids is 1. The second-order valence-electron chi connectivity index (χ2n) is 7.46. The third-order valence-corrected chi connectivity index (χ3v) is 5.35. The van der Waals surface area contributed by atoms with E-state index in [9.17, 15) is 10.1 Å². The molecule has 30 heavy (non-hydrogen) atoms. The van der Waals surface area contributed by atoms with Gasteiger partial charge in [-0.2, -0.15) is 10.4 Å². The van der Waals surface area contributed by atoms with Crippen LogP contribution in [0.4, 0.5) is 0 Å². The van der Waals surface area contributed by atoms with Crippen LogP contribution in [0.2, 0.25) is 0 Å². The molecule has 0 radical (unpaired) electrons. The zero-order valence-corrected chi connectivity index (χ0v) is 16.9. The molecule has 1 aliphatic rings. The van der Waals surface area contributed by atoms with E-state index in [2.05, 4.69) is 6.07 Å². The van der Waals surface area contributed by atoms with Gasteiger partial charge in [0.2, 0.25) is 0 Å². The number of aromatic nitrogens is 2. The molecular formula is C25H24N4O. The van der Waals surface area contributed by atoms with Crippen molar-refractivity contribution in [1.82, 2.24) is 14.7 Å². The van der Waals surface area contributed by atoms with Gasteiger partial charge in [-0.1, -0.05) is 61.4 Å². The van der Waals surface area contributed by atoms with Gasteiger partial charge in [-0.15, -0.1) is 0 Å². The largest absolute Gasteiger partial charge is 0.338 e. The predicted octanol–water partition coefficient (Wildman–Crippen LogP) is 4.85. The minimum Gasteiger partial charge on any atom is -0.338 e. The van der Waals surface area contributed by atoms with E-state index >= 15 is 0 Å². The number of nitriles is 1. The molecule has 0 atom stereocenters. The standard InChI is InChI=1S/C25H24N4O/c26-18-21(25(30)28-15-9-1-2-10-16-28)17-22-19-29(23-13-7-4-8-14-23)27-24(22)20-11-5-3-6-12-20/h3-8,11-14,17,19H,1-2,9-10,15-16H2/b21-17+. The Morgan fingerprint density at radius 1 is 0.933 bits per heavy atom. The van der Waals surface area contributed by atoms with Gasteiger partial charge in [0.15, 0.2) is 0 Å². The molecule has 4 rings (SSSR count). The zero-order chi connectivity index (χ0) is 20.8. The summed E-state index contributed by atoms with van der Waals surface area (Å²) in [5, 5.41) is 14.5. The van der Waals surface area contributed by atoms with Crippen LogP contribution in [0, 0.1) is 11.3 Å². The topological polar surface area (TPSA) is 61.9 Å². The number of likely N-dealkylation sites (tertiary alicyclic amines) is 1. The van der Waals surface area contributed by atoms with Crippen molar-refractivity contribution in [3.8, 4) is 23.0 Å². The molecule has 0 saturated carbocycles. The van der Waals surface area contributed by atoms with Gasteiger partial charge in [0.05, 0.1) is 11.4 Å². The third kappa shape index (κ3) is 4.33. The summed E-state index contributed by atoms with van der Waals surface area (Å²) in [7, 11) is 0. The Bertz CT molecular complexity index is 1070. The molecule has 5 nitrogen and oxygen atoms in total. The number of carbonyl (C=O) groups is 1. The Kier molecular flexibility index (Phi) is 6.05. The average Bonchev–Trinajstić information content (AvgIpc) is 3.03. The number of hydrogen-bond donors (Lipinski definition) is 0. The molecule has 0 bridgehead atoms. The van der Waals surface area contributed by atoms with Crippen molar-refractivity contribution >= 4 is 12.0 Å². The molecular weight excluding hydrogens is 372 g/mol. The normalized spacial score (nSPS) is 14.8. The van der Waals surface area contributed by atoms with Crippen molar-refractivity contribution in [3.05, 3.63) is 78.0 Å². The van der Waals surface area contributed by atoms with Crippen molar-refractivity contribution in [2.45, 2.75) is 25.7 Å². The Hall–Kier alpha value is -3.65. The lowest BCUT2D eigenvalue weighted by atomic mass is 10.1. The molecule has 2 heterocycles. The summed E-state index contributed by atoms with van der Waals surface area (Å²) >= 11 is 0. The molecule has 2 aromatic carbocycles. The monoisotopic (exact) mass is 396 g/mol. The molecule has 1 aromatic heterocycles. The molecule has 0 N–H and O–H groups in total. The molecule has 0 unspecified atom stereocenters. The molecule has 0 aliphatic carbocycles. The number of para-hydroxylation sites is 1. The summed E-state index contributed by atoms with van der Waals surface area (Å²) in [6.07, 6.45) is 7.82. The van der Waals surface area contributed by atoms with Gasteiger partial charge in [-0.3, -0.25) is 4.79 Å². The van der Waals surface area contributed by atoms with Gasteiger partial charge in [0.25, 0.3) is 5.91 Å². The van der Waals surface area contributed by atoms with E-state index in [4.69, 9.17) is 5.10 Å².